The van der Waals surface area contributed by atoms with Crippen molar-refractivity contribution in [3.8, 4) is 11.5 Å². The Morgan fingerprint density at radius 1 is 1.20 bits per heavy atom. The summed E-state index contributed by atoms with van der Waals surface area (Å²) in [5.74, 6) is -0.359. The molecule has 0 unspecified atom stereocenters. The second kappa shape index (κ2) is 7.71. The van der Waals surface area contributed by atoms with Crippen LogP contribution in [0.5, 0.6) is 0 Å². The van der Waals surface area contributed by atoms with Crippen molar-refractivity contribution >= 4 is 23.2 Å². The number of amides is 1. The number of hydrogen-bond donors (Lipinski definition) is 1. The molecule has 0 radical (unpaired) electrons. The zero-order valence-electron chi connectivity index (χ0n) is 13.3. The highest BCUT2D eigenvalue weighted by molar-refractivity contribution is 7.12. The van der Waals surface area contributed by atoms with Crippen LogP contribution in [0.4, 0.5) is 0 Å². The maximum atomic E-state index is 11.9. The molecule has 1 atom stereocenters. The van der Waals surface area contributed by atoms with Gasteiger partial charge in [-0.3, -0.25) is 9.59 Å². The van der Waals surface area contributed by atoms with Crippen LogP contribution in [0, 0.1) is 0 Å². The second-order valence-electron chi connectivity index (χ2n) is 5.10. The van der Waals surface area contributed by atoms with Gasteiger partial charge in [0.25, 0.3) is 11.8 Å². The Balaban J connectivity index is 1.53. The van der Waals surface area contributed by atoms with Crippen LogP contribution in [-0.4, -0.2) is 28.6 Å². The predicted molar refractivity (Wildman–Crippen MR) is 90.9 cm³/mol. The van der Waals surface area contributed by atoms with E-state index in [2.05, 4.69) is 15.5 Å². The Labute approximate surface area is 147 Å². The summed E-state index contributed by atoms with van der Waals surface area (Å²) in [6.07, 6.45) is -0.712. The average Bonchev–Trinajstić information content (AvgIpc) is 3.32. The van der Waals surface area contributed by atoms with Crippen LogP contribution >= 0.6 is 11.3 Å². The maximum Gasteiger partial charge on any atom is 0.326 e. The van der Waals surface area contributed by atoms with Gasteiger partial charge in [0.15, 0.2) is 6.10 Å². The summed E-state index contributed by atoms with van der Waals surface area (Å²) in [4.78, 5) is 24.2. The fourth-order valence-electron chi connectivity index (χ4n) is 2.03. The van der Waals surface area contributed by atoms with Gasteiger partial charge in [-0.1, -0.05) is 24.3 Å². The Kier molecular flexibility index (Phi) is 5.20. The molecule has 128 valence electrons. The number of hydrogen-bond acceptors (Lipinski definition) is 7. The Morgan fingerprint density at radius 3 is 2.72 bits per heavy atom. The van der Waals surface area contributed by atoms with Crippen molar-refractivity contribution in [2.24, 2.45) is 0 Å². The molecule has 1 N–H and O–H groups in total. The van der Waals surface area contributed by atoms with E-state index < -0.39 is 12.1 Å². The third kappa shape index (κ3) is 4.30. The molecule has 2 heterocycles. The van der Waals surface area contributed by atoms with Crippen molar-refractivity contribution in [2.45, 2.75) is 13.0 Å². The first-order chi connectivity index (χ1) is 12.1. The van der Waals surface area contributed by atoms with Gasteiger partial charge < -0.3 is 14.5 Å². The van der Waals surface area contributed by atoms with Crippen LogP contribution in [0.3, 0.4) is 0 Å². The van der Waals surface area contributed by atoms with Gasteiger partial charge >= 0.3 is 5.97 Å². The van der Waals surface area contributed by atoms with E-state index in [1.54, 1.807) is 24.4 Å². The standard InChI is InChI=1S/C17H15N3O4S/c1-11(16-19-20-17(24-16)12-6-3-2-4-7-12)23-14(21)10-18-15(22)13-8-5-9-25-13/h2-9,11H,10H2,1H3,(H,18,22)/t11-/m0/s1. The Hall–Kier alpha value is -3.00. The minimum Gasteiger partial charge on any atom is -0.451 e. The first-order valence-electron chi connectivity index (χ1n) is 7.53. The van der Waals surface area contributed by atoms with Crippen LogP contribution in [0.15, 0.2) is 52.3 Å². The second-order valence-corrected chi connectivity index (χ2v) is 6.05. The van der Waals surface area contributed by atoms with E-state index in [0.29, 0.717) is 10.8 Å². The monoisotopic (exact) mass is 357 g/mol. The number of carbonyl (C=O) groups is 2. The van der Waals surface area contributed by atoms with Crippen molar-refractivity contribution in [1.82, 2.24) is 15.5 Å². The molecule has 1 aromatic carbocycles. The number of nitrogens with zero attached hydrogens (tertiary/aromatic N) is 2. The van der Waals surface area contributed by atoms with E-state index in [-0.39, 0.29) is 18.3 Å². The van der Waals surface area contributed by atoms with E-state index in [1.807, 2.05) is 30.3 Å². The van der Waals surface area contributed by atoms with Gasteiger partial charge in [0.2, 0.25) is 5.89 Å². The number of esters is 1. The molecule has 0 saturated carbocycles. The topological polar surface area (TPSA) is 94.3 Å². The van der Waals surface area contributed by atoms with Gasteiger partial charge in [-0.25, -0.2) is 0 Å². The van der Waals surface area contributed by atoms with Crippen molar-refractivity contribution in [3.63, 3.8) is 0 Å². The molecule has 0 fully saturated rings. The highest BCUT2D eigenvalue weighted by atomic mass is 32.1. The number of ether oxygens (including phenoxy) is 1. The molecule has 0 aliphatic carbocycles. The highest BCUT2D eigenvalue weighted by Gasteiger charge is 2.19. The summed E-state index contributed by atoms with van der Waals surface area (Å²) >= 11 is 1.30. The third-order valence-corrected chi connectivity index (χ3v) is 4.12. The normalized spacial score (nSPS) is 11.7. The average molecular weight is 357 g/mol. The predicted octanol–water partition coefficient (Wildman–Crippen LogP) is 2.83. The summed E-state index contributed by atoms with van der Waals surface area (Å²) in [5.41, 5.74) is 0.781. The summed E-state index contributed by atoms with van der Waals surface area (Å²) < 4.78 is 10.7. The number of aromatic nitrogens is 2. The van der Waals surface area contributed by atoms with E-state index in [9.17, 15) is 9.59 Å². The molecule has 7 nitrogen and oxygen atoms in total. The summed E-state index contributed by atoms with van der Waals surface area (Å²) in [6, 6.07) is 12.7. The fourth-order valence-corrected chi connectivity index (χ4v) is 2.67. The van der Waals surface area contributed by atoms with E-state index in [0.717, 1.165) is 5.56 Å². The van der Waals surface area contributed by atoms with Gasteiger partial charge in [0.1, 0.15) is 6.54 Å². The number of carbonyl (C=O) groups excluding carboxylic acids is 2. The van der Waals surface area contributed by atoms with Gasteiger partial charge in [0.05, 0.1) is 4.88 Å². The zero-order chi connectivity index (χ0) is 17.6. The molecular weight excluding hydrogens is 342 g/mol. The summed E-state index contributed by atoms with van der Waals surface area (Å²) in [6.45, 7) is 1.39. The molecule has 0 aliphatic rings. The third-order valence-electron chi connectivity index (χ3n) is 3.26. The summed E-state index contributed by atoms with van der Waals surface area (Å²) in [7, 11) is 0. The van der Waals surface area contributed by atoms with Crippen LogP contribution in [-0.2, 0) is 9.53 Å². The molecule has 8 heteroatoms. The van der Waals surface area contributed by atoms with Crippen molar-refractivity contribution in [1.29, 1.82) is 0 Å². The quantitative estimate of drug-likeness (QED) is 0.682. The van der Waals surface area contributed by atoms with Crippen molar-refractivity contribution in [3.05, 3.63) is 58.6 Å². The molecule has 3 aromatic rings. The molecule has 0 saturated heterocycles. The molecular formula is C17H15N3O4S. The SMILES string of the molecule is C[C@H](OC(=O)CNC(=O)c1cccs1)c1nnc(-c2ccccc2)o1. The number of nitrogens with one attached hydrogen (secondary N) is 1. The van der Waals surface area contributed by atoms with Gasteiger partial charge in [-0.05, 0) is 30.5 Å². The number of rotatable bonds is 6. The number of benzene rings is 1. The lowest BCUT2D eigenvalue weighted by Gasteiger charge is -2.09. The van der Waals surface area contributed by atoms with Crippen LogP contribution in [0.1, 0.15) is 28.6 Å². The first-order valence-corrected chi connectivity index (χ1v) is 8.41. The summed E-state index contributed by atoms with van der Waals surface area (Å²) in [5, 5.41) is 12.1. The largest absolute Gasteiger partial charge is 0.451 e. The van der Waals surface area contributed by atoms with Gasteiger partial charge in [-0.15, -0.1) is 21.5 Å². The smallest absolute Gasteiger partial charge is 0.326 e. The molecule has 0 aliphatic heterocycles. The molecule has 3 rings (SSSR count). The molecule has 0 spiro atoms. The van der Waals surface area contributed by atoms with Crippen LogP contribution < -0.4 is 5.32 Å². The van der Waals surface area contributed by atoms with Crippen molar-refractivity contribution < 1.29 is 18.7 Å². The van der Waals surface area contributed by atoms with Gasteiger partial charge in [-0.2, -0.15) is 0 Å². The highest BCUT2D eigenvalue weighted by Crippen LogP contribution is 2.21. The Bertz CT molecular complexity index is 846. The molecule has 1 amide bonds. The zero-order valence-corrected chi connectivity index (χ0v) is 14.2. The molecule has 0 bridgehead atoms. The van der Waals surface area contributed by atoms with Crippen molar-refractivity contribution in [2.75, 3.05) is 6.54 Å². The lowest BCUT2D eigenvalue weighted by Crippen LogP contribution is -2.30. The minimum absolute atomic E-state index is 0.191. The van der Waals surface area contributed by atoms with E-state index in [1.165, 1.54) is 11.3 Å². The van der Waals surface area contributed by atoms with Crippen LogP contribution in [0.2, 0.25) is 0 Å². The lowest BCUT2D eigenvalue weighted by atomic mass is 10.2. The maximum absolute atomic E-state index is 11.9. The number of thiophene rings is 1. The lowest BCUT2D eigenvalue weighted by molar-refractivity contribution is -0.148. The van der Waals surface area contributed by atoms with Gasteiger partial charge in [0, 0.05) is 5.56 Å². The van der Waals surface area contributed by atoms with Crippen LogP contribution in [0.25, 0.3) is 11.5 Å². The molecule has 2 aromatic heterocycles. The van der Waals surface area contributed by atoms with E-state index >= 15 is 0 Å². The molecule has 25 heavy (non-hydrogen) atoms. The minimum atomic E-state index is -0.712. The fraction of sp³-hybridized carbons (Fsp3) is 0.176. The van der Waals surface area contributed by atoms with E-state index in [4.69, 9.17) is 9.15 Å². The first kappa shape index (κ1) is 16.8. The Morgan fingerprint density at radius 2 is 2.00 bits per heavy atom.